The van der Waals surface area contributed by atoms with Gasteiger partial charge in [0.25, 0.3) is 0 Å². The number of amides is 1. The van der Waals surface area contributed by atoms with Gasteiger partial charge in [0, 0.05) is 48.8 Å². The van der Waals surface area contributed by atoms with Crippen molar-refractivity contribution < 1.29 is 14.3 Å². The molecule has 0 bridgehead atoms. The lowest BCUT2D eigenvalue weighted by atomic mass is 10.0. The van der Waals surface area contributed by atoms with Crippen molar-refractivity contribution in [2.75, 3.05) is 18.0 Å². The van der Waals surface area contributed by atoms with Gasteiger partial charge >= 0.3 is 6.09 Å². The lowest BCUT2D eigenvalue weighted by Crippen LogP contribution is -2.49. The van der Waals surface area contributed by atoms with E-state index in [0.29, 0.717) is 6.61 Å². The van der Waals surface area contributed by atoms with E-state index in [1.54, 1.807) is 12.4 Å². The van der Waals surface area contributed by atoms with Crippen molar-refractivity contribution in [1.82, 2.24) is 10.3 Å². The van der Waals surface area contributed by atoms with Gasteiger partial charge in [-0.25, -0.2) is 4.79 Å². The molecule has 1 N–H and O–H groups in total. The molecule has 0 saturated carbocycles. The average Bonchev–Trinajstić information content (AvgIpc) is 2.66. The Kier molecular flexibility index (Phi) is 6.39. The van der Waals surface area contributed by atoms with Crippen LogP contribution >= 0.6 is 0 Å². The molecule has 2 aromatic rings. The summed E-state index contributed by atoms with van der Waals surface area (Å²) in [5.74, 6) is 0.823. The van der Waals surface area contributed by atoms with Crippen molar-refractivity contribution >= 4 is 11.8 Å². The Morgan fingerprint density at radius 2 is 2.14 bits per heavy atom. The first-order valence-corrected chi connectivity index (χ1v) is 9.75. The molecule has 1 atom stereocenters. The van der Waals surface area contributed by atoms with Gasteiger partial charge in [-0.05, 0) is 51.8 Å². The van der Waals surface area contributed by atoms with Crippen LogP contribution in [-0.2, 0) is 11.3 Å². The van der Waals surface area contributed by atoms with Gasteiger partial charge in [-0.3, -0.25) is 4.98 Å². The topological polar surface area (TPSA) is 63.7 Å². The van der Waals surface area contributed by atoms with Crippen molar-refractivity contribution in [1.29, 1.82) is 0 Å². The van der Waals surface area contributed by atoms with E-state index >= 15 is 0 Å². The maximum Gasteiger partial charge on any atom is 0.407 e. The first kappa shape index (κ1) is 20.0. The Balaban J connectivity index is 1.57. The van der Waals surface area contributed by atoms with Crippen molar-refractivity contribution in [3.63, 3.8) is 0 Å². The Hall–Kier alpha value is -2.76. The number of nitrogens with one attached hydrogen (secondary N) is 1. The fourth-order valence-electron chi connectivity index (χ4n) is 3.22. The van der Waals surface area contributed by atoms with Crippen molar-refractivity contribution in [3.05, 3.63) is 54.4 Å². The molecule has 1 amide bonds. The molecule has 6 nitrogen and oxygen atoms in total. The van der Waals surface area contributed by atoms with Crippen LogP contribution in [0.4, 0.5) is 10.5 Å². The van der Waals surface area contributed by atoms with Crippen molar-refractivity contribution in [2.24, 2.45) is 0 Å². The average molecular weight is 383 g/mol. The smallest absolute Gasteiger partial charge is 0.407 e. The zero-order chi connectivity index (χ0) is 20.0. The minimum Gasteiger partial charge on any atom is -0.489 e. The zero-order valence-corrected chi connectivity index (χ0v) is 16.9. The van der Waals surface area contributed by atoms with Gasteiger partial charge in [0.1, 0.15) is 18.0 Å². The van der Waals surface area contributed by atoms with Gasteiger partial charge in [0.2, 0.25) is 0 Å². The van der Waals surface area contributed by atoms with E-state index in [1.807, 2.05) is 51.1 Å². The Morgan fingerprint density at radius 1 is 1.29 bits per heavy atom. The second-order valence-electron chi connectivity index (χ2n) is 8.08. The predicted octanol–water partition coefficient (Wildman–Crippen LogP) is 4.15. The third kappa shape index (κ3) is 6.15. The highest BCUT2D eigenvalue weighted by Crippen LogP contribution is 2.25. The quantitative estimate of drug-likeness (QED) is 0.840. The normalized spacial score (nSPS) is 17.1. The van der Waals surface area contributed by atoms with E-state index in [1.165, 1.54) is 0 Å². The molecule has 1 aliphatic heterocycles. The summed E-state index contributed by atoms with van der Waals surface area (Å²) < 4.78 is 11.3. The summed E-state index contributed by atoms with van der Waals surface area (Å²) in [5, 5.41) is 3.00. The number of anilines is 1. The number of carbonyl (C=O) groups excluding carboxylic acids is 1. The van der Waals surface area contributed by atoms with Crippen LogP contribution in [0.3, 0.4) is 0 Å². The lowest BCUT2D eigenvalue weighted by molar-refractivity contribution is 0.0500. The fraction of sp³-hybridized carbons (Fsp3) is 0.455. The number of benzene rings is 1. The molecule has 150 valence electrons. The SMILES string of the molecule is CC(C)(C)OC(=O)N[C@H]1CCCN(c2cccc(OCc3cccnc3)c2)C1. The van der Waals surface area contributed by atoms with Crippen LogP contribution in [0.15, 0.2) is 48.8 Å². The molecule has 1 saturated heterocycles. The minimum atomic E-state index is -0.488. The molecule has 28 heavy (non-hydrogen) atoms. The van der Waals surface area contributed by atoms with Crippen molar-refractivity contribution in [3.8, 4) is 5.75 Å². The summed E-state index contributed by atoms with van der Waals surface area (Å²) >= 11 is 0. The number of nitrogens with zero attached hydrogens (tertiary/aromatic N) is 2. The number of alkyl carbamates (subject to hydrolysis) is 1. The van der Waals surface area contributed by atoms with Crippen LogP contribution in [-0.4, -0.2) is 35.8 Å². The summed E-state index contributed by atoms with van der Waals surface area (Å²) in [6.45, 7) is 7.81. The highest BCUT2D eigenvalue weighted by atomic mass is 16.6. The van der Waals surface area contributed by atoms with E-state index in [2.05, 4.69) is 21.3 Å². The molecule has 0 radical (unpaired) electrons. The predicted molar refractivity (Wildman–Crippen MR) is 110 cm³/mol. The summed E-state index contributed by atoms with van der Waals surface area (Å²) in [6, 6.07) is 12.1. The maximum absolute atomic E-state index is 12.1. The van der Waals surface area contributed by atoms with Crippen LogP contribution in [0.1, 0.15) is 39.2 Å². The Labute approximate surface area is 166 Å². The number of hydrogen-bond acceptors (Lipinski definition) is 5. The molecular formula is C22H29N3O3. The molecule has 1 aromatic carbocycles. The molecule has 0 spiro atoms. The number of pyridine rings is 1. The van der Waals surface area contributed by atoms with Gasteiger partial charge < -0.3 is 19.7 Å². The third-order valence-electron chi connectivity index (χ3n) is 4.45. The monoisotopic (exact) mass is 383 g/mol. The maximum atomic E-state index is 12.1. The first-order valence-electron chi connectivity index (χ1n) is 9.75. The summed E-state index contributed by atoms with van der Waals surface area (Å²) in [5.41, 5.74) is 1.64. The number of piperidine rings is 1. The molecule has 0 aliphatic carbocycles. The van der Waals surface area contributed by atoms with Gasteiger partial charge in [-0.15, -0.1) is 0 Å². The van der Waals surface area contributed by atoms with Gasteiger partial charge in [0.05, 0.1) is 0 Å². The molecule has 2 heterocycles. The number of rotatable bonds is 5. The molecule has 3 rings (SSSR count). The summed E-state index contributed by atoms with van der Waals surface area (Å²) in [6.07, 6.45) is 5.17. The highest BCUT2D eigenvalue weighted by molar-refractivity contribution is 5.68. The zero-order valence-electron chi connectivity index (χ0n) is 16.9. The number of hydrogen-bond donors (Lipinski definition) is 1. The molecule has 1 fully saturated rings. The number of carbonyl (C=O) groups is 1. The van der Waals surface area contributed by atoms with Crippen LogP contribution in [0, 0.1) is 0 Å². The van der Waals surface area contributed by atoms with Crippen molar-refractivity contribution in [2.45, 2.75) is 51.9 Å². The highest BCUT2D eigenvalue weighted by Gasteiger charge is 2.24. The van der Waals surface area contributed by atoms with E-state index < -0.39 is 5.60 Å². The molecule has 1 aromatic heterocycles. The van der Waals surface area contributed by atoms with Gasteiger partial charge in [-0.1, -0.05) is 12.1 Å². The van der Waals surface area contributed by atoms with Crippen LogP contribution in [0.2, 0.25) is 0 Å². The third-order valence-corrected chi connectivity index (χ3v) is 4.45. The second-order valence-corrected chi connectivity index (χ2v) is 8.08. The molecule has 1 aliphatic rings. The molecular weight excluding hydrogens is 354 g/mol. The largest absolute Gasteiger partial charge is 0.489 e. The molecule has 6 heteroatoms. The lowest BCUT2D eigenvalue weighted by Gasteiger charge is -2.35. The van der Waals surface area contributed by atoms with E-state index in [4.69, 9.17) is 9.47 Å². The standard InChI is InChI=1S/C22H29N3O3/c1-22(2,3)28-21(26)24-18-8-6-12-25(15-18)19-9-4-10-20(13-19)27-16-17-7-5-11-23-14-17/h4-5,7,9-11,13-14,18H,6,8,12,15-16H2,1-3H3,(H,24,26)/t18-/m0/s1. The van der Waals surface area contributed by atoms with Crippen LogP contribution in [0.25, 0.3) is 0 Å². The first-order chi connectivity index (χ1) is 13.4. The van der Waals surface area contributed by atoms with E-state index in [-0.39, 0.29) is 12.1 Å². The molecule has 0 unspecified atom stereocenters. The summed E-state index contributed by atoms with van der Waals surface area (Å²) in [7, 11) is 0. The fourth-order valence-corrected chi connectivity index (χ4v) is 3.22. The van der Waals surface area contributed by atoms with E-state index in [0.717, 1.165) is 42.9 Å². The van der Waals surface area contributed by atoms with E-state index in [9.17, 15) is 4.79 Å². The van der Waals surface area contributed by atoms with Gasteiger partial charge in [-0.2, -0.15) is 0 Å². The number of aromatic nitrogens is 1. The Morgan fingerprint density at radius 3 is 2.89 bits per heavy atom. The summed E-state index contributed by atoms with van der Waals surface area (Å²) in [4.78, 5) is 18.5. The minimum absolute atomic E-state index is 0.0727. The van der Waals surface area contributed by atoms with Crippen LogP contribution < -0.4 is 15.0 Å². The van der Waals surface area contributed by atoms with Gasteiger partial charge in [0.15, 0.2) is 0 Å². The number of ether oxygens (including phenoxy) is 2. The Bertz CT molecular complexity index is 774. The second kappa shape index (κ2) is 8.95. The van der Waals surface area contributed by atoms with Crippen LogP contribution in [0.5, 0.6) is 5.75 Å².